The van der Waals surface area contributed by atoms with Crippen LogP contribution in [0.3, 0.4) is 0 Å². The second-order valence-electron chi connectivity index (χ2n) is 6.05. The molecule has 4 rings (SSSR count). The van der Waals surface area contributed by atoms with E-state index in [2.05, 4.69) is 9.97 Å². The molecule has 0 unspecified atom stereocenters. The monoisotopic (exact) mass is 366 g/mol. The molecule has 1 N–H and O–H groups in total. The SMILES string of the molecule is Cc1ccccc1-c1nc2[nH]c(=O)n(C)c(=O)c2n1-c1ccc(Cl)cc1. The molecule has 2 heterocycles. The molecule has 0 bridgehead atoms. The number of nitrogens with zero attached hydrogens (tertiary/aromatic N) is 3. The summed E-state index contributed by atoms with van der Waals surface area (Å²) in [5, 5.41) is 0.594. The first-order chi connectivity index (χ1) is 12.5. The normalized spacial score (nSPS) is 11.2. The highest BCUT2D eigenvalue weighted by molar-refractivity contribution is 6.30. The molecule has 0 fully saturated rings. The third-order valence-corrected chi connectivity index (χ3v) is 4.64. The van der Waals surface area contributed by atoms with E-state index >= 15 is 0 Å². The Morgan fingerprint density at radius 2 is 1.73 bits per heavy atom. The molecule has 0 radical (unpaired) electrons. The third-order valence-electron chi connectivity index (χ3n) is 4.39. The van der Waals surface area contributed by atoms with Gasteiger partial charge in [0.2, 0.25) is 0 Å². The van der Waals surface area contributed by atoms with Crippen LogP contribution in [0.15, 0.2) is 58.1 Å². The number of rotatable bonds is 2. The quantitative estimate of drug-likeness (QED) is 0.592. The van der Waals surface area contributed by atoms with E-state index in [0.29, 0.717) is 16.4 Å². The van der Waals surface area contributed by atoms with Crippen molar-refractivity contribution in [2.24, 2.45) is 7.05 Å². The largest absolute Gasteiger partial charge is 0.329 e. The number of benzene rings is 2. The van der Waals surface area contributed by atoms with Gasteiger partial charge in [-0.2, -0.15) is 0 Å². The first-order valence-corrected chi connectivity index (χ1v) is 8.39. The van der Waals surface area contributed by atoms with Crippen LogP contribution in [-0.2, 0) is 7.05 Å². The fourth-order valence-electron chi connectivity index (χ4n) is 2.99. The number of halogens is 1. The fraction of sp³-hybridized carbons (Fsp3) is 0.105. The molecule has 4 aromatic rings. The zero-order chi connectivity index (χ0) is 18.4. The molecule has 0 saturated carbocycles. The molecule has 7 heteroatoms. The summed E-state index contributed by atoms with van der Waals surface area (Å²) in [6.07, 6.45) is 0. The molecule has 0 spiro atoms. The van der Waals surface area contributed by atoms with E-state index in [1.165, 1.54) is 7.05 Å². The Bertz CT molecular complexity index is 1250. The van der Waals surface area contributed by atoms with E-state index in [1.54, 1.807) is 16.7 Å². The highest BCUT2D eigenvalue weighted by Gasteiger charge is 2.20. The van der Waals surface area contributed by atoms with Crippen molar-refractivity contribution in [2.45, 2.75) is 6.92 Å². The topological polar surface area (TPSA) is 72.7 Å². The lowest BCUT2D eigenvalue weighted by molar-refractivity contribution is 0.788. The molecule has 2 aromatic carbocycles. The van der Waals surface area contributed by atoms with E-state index in [0.717, 1.165) is 21.4 Å². The number of H-pyrrole nitrogens is 1. The number of hydrogen-bond acceptors (Lipinski definition) is 3. The van der Waals surface area contributed by atoms with Gasteiger partial charge in [0.25, 0.3) is 5.56 Å². The van der Waals surface area contributed by atoms with Gasteiger partial charge in [0.1, 0.15) is 5.82 Å². The van der Waals surface area contributed by atoms with E-state index in [4.69, 9.17) is 11.6 Å². The van der Waals surface area contributed by atoms with E-state index in [1.807, 2.05) is 43.3 Å². The molecule has 130 valence electrons. The number of imidazole rings is 1. The molecule has 0 saturated heterocycles. The van der Waals surface area contributed by atoms with Crippen LogP contribution in [0.4, 0.5) is 0 Å². The zero-order valence-corrected chi connectivity index (χ0v) is 14.9. The minimum atomic E-state index is -0.500. The summed E-state index contributed by atoms with van der Waals surface area (Å²) in [4.78, 5) is 32.0. The maximum Gasteiger partial charge on any atom is 0.329 e. The second-order valence-corrected chi connectivity index (χ2v) is 6.49. The summed E-state index contributed by atoms with van der Waals surface area (Å²) in [5.41, 5.74) is 2.28. The predicted octanol–water partition coefficient (Wildman–Crippen LogP) is 3.04. The minimum absolute atomic E-state index is 0.256. The molecule has 0 aliphatic carbocycles. The Balaban J connectivity index is 2.18. The van der Waals surface area contributed by atoms with Crippen molar-refractivity contribution < 1.29 is 0 Å². The van der Waals surface area contributed by atoms with Gasteiger partial charge in [0, 0.05) is 23.3 Å². The highest BCUT2D eigenvalue weighted by atomic mass is 35.5. The third kappa shape index (κ3) is 2.46. The molecule has 0 aliphatic rings. The Morgan fingerprint density at radius 1 is 1.04 bits per heavy atom. The van der Waals surface area contributed by atoms with Crippen LogP contribution in [0.1, 0.15) is 5.56 Å². The Hall–Kier alpha value is -3.12. The van der Waals surface area contributed by atoms with Crippen LogP contribution in [0, 0.1) is 6.92 Å². The van der Waals surface area contributed by atoms with Crippen LogP contribution in [0.2, 0.25) is 5.02 Å². The fourth-order valence-corrected chi connectivity index (χ4v) is 3.11. The van der Waals surface area contributed by atoms with Crippen molar-refractivity contribution in [1.82, 2.24) is 19.1 Å². The van der Waals surface area contributed by atoms with Gasteiger partial charge in [0.05, 0.1) is 0 Å². The molecule has 2 aromatic heterocycles. The summed E-state index contributed by atoms with van der Waals surface area (Å²) >= 11 is 6.01. The van der Waals surface area contributed by atoms with Crippen molar-refractivity contribution in [1.29, 1.82) is 0 Å². The van der Waals surface area contributed by atoms with E-state index in [-0.39, 0.29) is 5.65 Å². The number of aromatic nitrogens is 4. The number of aryl methyl sites for hydroxylation is 1. The van der Waals surface area contributed by atoms with Crippen molar-refractivity contribution in [2.75, 3.05) is 0 Å². The Labute approximate surface area is 153 Å². The van der Waals surface area contributed by atoms with E-state index < -0.39 is 11.2 Å². The number of nitrogens with one attached hydrogen (secondary N) is 1. The van der Waals surface area contributed by atoms with Crippen LogP contribution >= 0.6 is 11.6 Å². The summed E-state index contributed by atoms with van der Waals surface area (Å²) < 4.78 is 2.80. The Kier molecular flexibility index (Phi) is 3.77. The average Bonchev–Trinajstić information content (AvgIpc) is 3.00. The summed E-state index contributed by atoms with van der Waals surface area (Å²) in [5.74, 6) is 0.583. The van der Waals surface area contributed by atoms with Crippen LogP contribution in [-0.4, -0.2) is 19.1 Å². The molecular formula is C19H15ClN4O2. The molecular weight excluding hydrogens is 352 g/mol. The van der Waals surface area contributed by atoms with Crippen molar-refractivity contribution >= 4 is 22.8 Å². The smallest absolute Gasteiger partial charge is 0.290 e. The van der Waals surface area contributed by atoms with Gasteiger partial charge in [-0.25, -0.2) is 9.78 Å². The lowest BCUT2D eigenvalue weighted by Gasteiger charge is -2.11. The number of hydrogen-bond donors (Lipinski definition) is 1. The Morgan fingerprint density at radius 3 is 2.42 bits per heavy atom. The first-order valence-electron chi connectivity index (χ1n) is 8.01. The van der Waals surface area contributed by atoms with Crippen molar-refractivity contribution in [3.8, 4) is 17.1 Å². The van der Waals surface area contributed by atoms with Gasteiger partial charge < -0.3 is 0 Å². The zero-order valence-electron chi connectivity index (χ0n) is 14.2. The number of aromatic amines is 1. The van der Waals surface area contributed by atoms with Gasteiger partial charge in [-0.05, 0) is 36.8 Å². The summed E-state index contributed by atoms with van der Waals surface area (Å²) in [6, 6.07) is 14.9. The van der Waals surface area contributed by atoms with Crippen LogP contribution < -0.4 is 11.2 Å². The predicted molar refractivity (Wildman–Crippen MR) is 102 cm³/mol. The first kappa shape index (κ1) is 16.4. The minimum Gasteiger partial charge on any atom is -0.290 e. The van der Waals surface area contributed by atoms with Gasteiger partial charge in [-0.1, -0.05) is 35.9 Å². The average molecular weight is 367 g/mol. The second kappa shape index (κ2) is 6.00. The van der Waals surface area contributed by atoms with E-state index in [9.17, 15) is 9.59 Å². The van der Waals surface area contributed by atoms with Crippen molar-refractivity contribution in [3.63, 3.8) is 0 Å². The molecule has 6 nitrogen and oxygen atoms in total. The van der Waals surface area contributed by atoms with Crippen LogP contribution in [0.25, 0.3) is 28.2 Å². The maximum absolute atomic E-state index is 12.8. The molecule has 0 atom stereocenters. The maximum atomic E-state index is 12.8. The van der Waals surface area contributed by atoms with Gasteiger partial charge in [-0.3, -0.25) is 18.9 Å². The van der Waals surface area contributed by atoms with Gasteiger partial charge >= 0.3 is 5.69 Å². The number of fused-ring (bicyclic) bond motifs is 1. The van der Waals surface area contributed by atoms with Gasteiger partial charge in [0.15, 0.2) is 11.2 Å². The van der Waals surface area contributed by atoms with Crippen molar-refractivity contribution in [3.05, 3.63) is 80.0 Å². The van der Waals surface area contributed by atoms with Gasteiger partial charge in [-0.15, -0.1) is 0 Å². The molecule has 26 heavy (non-hydrogen) atoms. The molecule has 0 amide bonds. The lowest BCUT2D eigenvalue weighted by Crippen LogP contribution is -2.33. The lowest BCUT2D eigenvalue weighted by atomic mass is 10.1. The standard InChI is InChI=1S/C19H15ClN4O2/c1-11-5-3-4-6-14(11)17-21-16-15(18(25)23(2)19(26)22-16)24(17)13-9-7-12(20)8-10-13/h3-10H,1-2H3,(H,22,26). The summed E-state index contributed by atoms with van der Waals surface area (Å²) in [6.45, 7) is 1.97. The molecule has 0 aliphatic heterocycles. The highest BCUT2D eigenvalue weighted by Crippen LogP contribution is 2.28. The summed E-state index contributed by atoms with van der Waals surface area (Å²) in [7, 11) is 1.44. The van der Waals surface area contributed by atoms with Crippen LogP contribution in [0.5, 0.6) is 0 Å².